The highest BCUT2D eigenvalue weighted by molar-refractivity contribution is 5.98. The number of carbonyl (C=O) groups excluding carboxylic acids is 7. The van der Waals surface area contributed by atoms with Crippen molar-refractivity contribution in [1.29, 1.82) is 0 Å². The van der Waals surface area contributed by atoms with Gasteiger partial charge < -0.3 is 54.0 Å². The van der Waals surface area contributed by atoms with Gasteiger partial charge in [-0.25, -0.2) is 0 Å². The van der Waals surface area contributed by atoms with Crippen molar-refractivity contribution in [2.24, 2.45) is 23.1 Å². The van der Waals surface area contributed by atoms with Gasteiger partial charge in [-0.05, 0) is 31.2 Å². The van der Waals surface area contributed by atoms with E-state index in [1.54, 1.807) is 30.3 Å². The summed E-state index contributed by atoms with van der Waals surface area (Å²) in [5.41, 5.74) is 17.2. The van der Waals surface area contributed by atoms with Gasteiger partial charge >= 0.3 is 5.97 Å². The van der Waals surface area contributed by atoms with E-state index in [2.05, 4.69) is 21.3 Å². The van der Waals surface area contributed by atoms with Gasteiger partial charge in [0.15, 0.2) is 0 Å². The van der Waals surface area contributed by atoms with Crippen LogP contribution in [0.1, 0.15) is 52.0 Å². The largest absolute Gasteiger partial charge is 0.480 e. The molecule has 6 atom stereocenters. The molecule has 0 aliphatic heterocycles. The summed E-state index contributed by atoms with van der Waals surface area (Å²) in [6.45, 7) is 4.05. The van der Waals surface area contributed by atoms with Crippen LogP contribution in [-0.2, 0) is 44.8 Å². The van der Waals surface area contributed by atoms with Gasteiger partial charge in [0.2, 0.25) is 41.4 Å². The molecule has 0 saturated heterocycles. The van der Waals surface area contributed by atoms with Crippen LogP contribution in [-0.4, -0.2) is 100 Å². The van der Waals surface area contributed by atoms with E-state index in [4.69, 9.17) is 22.3 Å². The van der Waals surface area contributed by atoms with Crippen molar-refractivity contribution in [2.75, 3.05) is 6.54 Å². The Labute approximate surface area is 277 Å². The van der Waals surface area contributed by atoms with Gasteiger partial charge in [0.1, 0.15) is 30.7 Å². The van der Waals surface area contributed by atoms with E-state index >= 15 is 0 Å². The fraction of sp³-hybridized carbons (Fsp3) is 0.533. The maximum absolute atomic E-state index is 13.5. The zero-order valence-corrected chi connectivity index (χ0v) is 27.1. The van der Waals surface area contributed by atoms with Crippen molar-refractivity contribution in [1.82, 2.24) is 26.6 Å². The minimum Gasteiger partial charge on any atom is -0.480 e. The molecular formula is C30H46N8O10. The van der Waals surface area contributed by atoms with Crippen molar-refractivity contribution < 1.29 is 48.6 Å². The number of rotatable bonds is 21. The van der Waals surface area contributed by atoms with E-state index in [1.807, 2.05) is 19.2 Å². The SMILES string of the molecule is CC(C)C[C@H](N)C(=O)N[C@@H](Cc1ccccc1)C(=O)N[C@@H](CC(N)=O)C(=O)N[C@@H](CCC(N)=O)C(=O)N[C@H](C(=O)NCC(=O)O)[C@@H](C)O. The summed E-state index contributed by atoms with van der Waals surface area (Å²) in [4.78, 5) is 99.6. The summed E-state index contributed by atoms with van der Waals surface area (Å²) in [5.74, 6) is -7.94. The zero-order valence-electron chi connectivity index (χ0n) is 27.1. The third-order valence-electron chi connectivity index (χ3n) is 6.80. The summed E-state index contributed by atoms with van der Waals surface area (Å²) < 4.78 is 0. The van der Waals surface area contributed by atoms with Crippen molar-refractivity contribution in [2.45, 2.75) is 89.2 Å². The van der Waals surface area contributed by atoms with Crippen molar-refractivity contribution in [3.05, 3.63) is 35.9 Å². The Bertz CT molecular complexity index is 1310. The third-order valence-corrected chi connectivity index (χ3v) is 6.80. The lowest BCUT2D eigenvalue weighted by molar-refractivity contribution is -0.139. The second-order valence-electron chi connectivity index (χ2n) is 11.6. The lowest BCUT2D eigenvalue weighted by Gasteiger charge is -2.27. The number of aliphatic carboxylic acids is 1. The second-order valence-corrected chi connectivity index (χ2v) is 11.6. The van der Waals surface area contributed by atoms with Crippen LogP contribution in [0.5, 0.6) is 0 Å². The highest BCUT2D eigenvalue weighted by atomic mass is 16.4. The molecule has 18 heteroatoms. The van der Waals surface area contributed by atoms with Crippen LogP contribution in [0.15, 0.2) is 30.3 Å². The molecule has 0 aromatic heterocycles. The molecule has 1 aromatic carbocycles. The minimum absolute atomic E-state index is 0.0218. The molecule has 0 heterocycles. The summed E-state index contributed by atoms with van der Waals surface area (Å²) >= 11 is 0. The number of carboxylic acids is 1. The lowest BCUT2D eigenvalue weighted by Crippen LogP contribution is -2.60. The summed E-state index contributed by atoms with van der Waals surface area (Å²) in [6.07, 6.45) is -2.81. The molecule has 0 bridgehead atoms. The Morgan fingerprint density at radius 3 is 1.79 bits per heavy atom. The van der Waals surface area contributed by atoms with Gasteiger partial charge in [-0.1, -0.05) is 44.2 Å². The molecule has 1 rings (SSSR count). The molecule has 7 amide bonds. The van der Waals surface area contributed by atoms with Crippen LogP contribution >= 0.6 is 0 Å². The first-order chi connectivity index (χ1) is 22.4. The van der Waals surface area contributed by atoms with Crippen LogP contribution in [0, 0.1) is 5.92 Å². The Morgan fingerprint density at radius 2 is 1.27 bits per heavy atom. The first kappa shape index (κ1) is 40.9. The Hall–Kier alpha value is -5.10. The molecule has 13 N–H and O–H groups in total. The molecule has 0 saturated carbocycles. The first-order valence-corrected chi connectivity index (χ1v) is 15.2. The lowest BCUT2D eigenvalue weighted by atomic mass is 10.0. The summed E-state index contributed by atoms with van der Waals surface area (Å²) in [6, 6.07) is 1.45. The van der Waals surface area contributed by atoms with Crippen molar-refractivity contribution >= 4 is 47.3 Å². The van der Waals surface area contributed by atoms with E-state index in [-0.39, 0.29) is 12.3 Å². The van der Waals surface area contributed by atoms with Gasteiger partial charge in [-0.2, -0.15) is 0 Å². The number of primary amides is 2. The van der Waals surface area contributed by atoms with E-state index in [0.717, 1.165) is 6.92 Å². The van der Waals surface area contributed by atoms with Crippen molar-refractivity contribution in [3.8, 4) is 0 Å². The number of carbonyl (C=O) groups is 8. The molecule has 48 heavy (non-hydrogen) atoms. The standard InChI is InChI=1S/C30H46N8O10/c1-15(2)11-18(31)26(44)36-20(12-17-7-5-4-6-8-17)28(46)37-21(13-23(33)41)29(47)35-19(9-10-22(32)40)27(45)38-25(16(3)39)30(48)34-14-24(42)43/h4-8,15-16,18-21,25,39H,9-14,31H2,1-3H3,(H2,32,40)(H2,33,41)(H,34,48)(H,35,47)(H,36,44)(H,37,46)(H,38,45)(H,42,43)/t16-,18+,19+,20+,21+,25+/m1/s1. The van der Waals surface area contributed by atoms with E-state index < -0.39 is 109 Å². The predicted octanol–water partition coefficient (Wildman–Crippen LogP) is -3.74. The molecule has 18 nitrogen and oxygen atoms in total. The predicted molar refractivity (Wildman–Crippen MR) is 170 cm³/mol. The Balaban J connectivity index is 3.28. The number of hydrogen-bond acceptors (Lipinski definition) is 10. The molecule has 0 aliphatic carbocycles. The summed E-state index contributed by atoms with van der Waals surface area (Å²) in [5, 5.41) is 30.3. The van der Waals surface area contributed by atoms with Crippen LogP contribution in [0.2, 0.25) is 0 Å². The maximum atomic E-state index is 13.5. The van der Waals surface area contributed by atoms with Crippen LogP contribution in [0.25, 0.3) is 0 Å². The average molecular weight is 679 g/mol. The number of amides is 7. The second kappa shape index (κ2) is 20.2. The van der Waals surface area contributed by atoms with Gasteiger partial charge in [0.05, 0.1) is 18.6 Å². The summed E-state index contributed by atoms with van der Waals surface area (Å²) in [7, 11) is 0. The Morgan fingerprint density at radius 1 is 0.729 bits per heavy atom. The molecular weight excluding hydrogens is 632 g/mol. The Kier molecular flexibility index (Phi) is 17.2. The monoisotopic (exact) mass is 678 g/mol. The fourth-order valence-corrected chi connectivity index (χ4v) is 4.39. The highest BCUT2D eigenvalue weighted by Crippen LogP contribution is 2.08. The molecule has 266 valence electrons. The third kappa shape index (κ3) is 15.5. The van der Waals surface area contributed by atoms with Gasteiger partial charge in [0, 0.05) is 12.8 Å². The van der Waals surface area contributed by atoms with E-state index in [0.29, 0.717) is 12.0 Å². The molecule has 0 fully saturated rings. The number of hydrogen-bond donors (Lipinski definition) is 10. The molecule has 0 radical (unpaired) electrons. The number of aliphatic hydroxyl groups is 1. The molecule has 0 aliphatic rings. The van der Waals surface area contributed by atoms with E-state index in [1.165, 1.54) is 0 Å². The zero-order chi connectivity index (χ0) is 36.6. The number of aliphatic hydroxyl groups excluding tert-OH is 1. The van der Waals surface area contributed by atoms with Crippen LogP contribution < -0.4 is 43.8 Å². The molecule has 0 spiro atoms. The first-order valence-electron chi connectivity index (χ1n) is 15.2. The fourth-order valence-electron chi connectivity index (χ4n) is 4.39. The van der Waals surface area contributed by atoms with Crippen LogP contribution in [0.3, 0.4) is 0 Å². The number of carboxylic acid groups (broad SMARTS) is 1. The number of benzene rings is 1. The minimum atomic E-state index is -1.68. The van der Waals surface area contributed by atoms with Crippen LogP contribution in [0.4, 0.5) is 0 Å². The topological polar surface area (TPSA) is 315 Å². The van der Waals surface area contributed by atoms with Gasteiger partial charge in [-0.3, -0.25) is 38.4 Å². The quantitative estimate of drug-likeness (QED) is 0.0602. The van der Waals surface area contributed by atoms with E-state index in [9.17, 15) is 43.5 Å². The molecule has 1 aromatic rings. The average Bonchev–Trinajstić information content (AvgIpc) is 2.99. The molecule has 0 unspecified atom stereocenters. The normalized spacial score (nSPS) is 14.6. The van der Waals surface area contributed by atoms with Crippen molar-refractivity contribution in [3.63, 3.8) is 0 Å². The maximum Gasteiger partial charge on any atom is 0.322 e. The number of nitrogens with one attached hydrogen (secondary N) is 5. The van der Waals surface area contributed by atoms with Gasteiger partial charge in [-0.15, -0.1) is 0 Å². The number of nitrogens with two attached hydrogens (primary N) is 3. The smallest absolute Gasteiger partial charge is 0.322 e. The highest BCUT2D eigenvalue weighted by Gasteiger charge is 2.34. The van der Waals surface area contributed by atoms with Gasteiger partial charge in [0.25, 0.3) is 0 Å².